The van der Waals surface area contributed by atoms with E-state index in [1.807, 2.05) is 32.0 Å². The van der Waals surface area contributed by atoms with Gasteiger partial charge in [0.2, 0.25) is 11.8 Å². The zero-order valence-corrected chi connectivity index (χ0v) is 15.7. The molecule has 2 rings (SSSR count). The van der Waals surface area contributed by atoms with E-state index in [1.165, 1.54) is 0 Å². The minimum Gasteiger partial charge on any atom is -0.370 e. The van der Waals surface area contributed by atoms with Gasteiger partial charge < -0.3 is 16.0 Å². The van der Waals surface area contributed by atoms with Crippen LogP contribution in [0.4, 0.5) is 11.5 Å². The molecular formula is C19H23ClN4O2. The quantitative estimate of drug-likeness (QED) is 0.489. The third-order valence-electron chi connectivity index (χ3n) is 3.69. The van der Waals surface area contributed by atoms with Crippen LogP contribution in [-0.4, -0.2) is 29.9 Å². The molecule has 26 heavy (non-hydrogen) atoms. The molecule has 0 atom stereocenters. The Morgan fingerprint density at radius 3 is 2.62 bits per heavy atom. The Hall–Kier alpha value is -2.60. The van der Waals surface area contributed by atoms with Gasteiger partial charge in [-0.2, -0.15) is 0 Å². The number of halogens is 1. The number of amides is 2. The van der Waals surface area contributed by atoms with Crippen molar-refractivity contribution in [3.8, 4) is 0 Å². The number of anilines is 2. The number of hydrogen-bond donors (Lipinski definition) is 3. The first-order valence-electron chi connectivity index (χ1n) is 8.43. The van der Waals surface area contributed by atoms with Gasteiger partial charge in [-0.05, 0) is 49.6 Å². The minimum atomic E-state index is -0.366. The molecule has 3 N–H and O–H groups in total. The summed E-state index contributed by atoms with van der Waals surface area (Å²) in [4.78, 5) is 28.0. The maximum atomic E-state index is 12.0. The molecule has 0 saturated heterocycles. The van der Waals surface area contributed by atoms with E-state index in [0.29, 0.717) is 23.8 Å². The summed E-state index contributed by atoms with van der Waals surface area (Å²) in [6.45, 7) is 5.02. The summed E-state index contributed by atoms with van der Waals surface area (Å²) in [6, 6.07) is 9.12. The highest BCUT2D eigenvalue weighted by atomic mass is 35.5. The number of pyridine rings is 1. The fourth-order valence-corrected chi connectivity index (χ4v) is 2.41. The van der Waals surface area contributed by atoms with Gasteiger partial charge in [0.15, 0.2) is 0 Å². The van der Waals surface area contributed by atoms with E-state index in [9.17, 15) is 9.59 Å². The van der Waals surface area contributed by atoms with Crippen molar-refractivity contribution in [3.63, 3.8) is 0 Å². The van der Waals surface area contributed by atoms with E-state index in [-0.39, 0.29) is 18.2 Å². The van der Waals surface area contributed by atoms with Gasteiger partial charge in [-0.1, -0.05) is 23.7 Å². The lowest BCUT2D eigenvalue weighted by Gasteiger charge is -2.09. The Labute approximate surface area is 158 Å². The van der Waals surface area contributed by atoms with Gasteiger partial charge >= 0.3 is 0 Å². The largest absolute Gasteiger partial charge is 0.370 e. The van der Waals surface area contributed by atoms with Crippen molar-refractivity contribution in [1.29, 1.82) is 0 Å². The summed E-state index contributed by atoms with van der Waals surface area (Å²) < 4.78 is 0. The zero-order valence-electron chi connectivity index (χ0n) is 14.9. The van der Waals surface area contributed by atoms with E-state index in [4.69, 9.17) is 11.6 Å². The Kier molecular flexibility index (Phi) is 7.41. The van der Waals surface area contributed by atoms with Crippen LogP contribution in [0.15, 0.2) is 36.5 Å². The van der Waals surface area contributed by atoms with Gasteiger partial charge in [0.05, 0.1) is 0 Å². The highest BCUT2D eigenvalue weighted by molar-refractivity contribution is 6.31. The van der Waals surface area contributed by atoms with Gasteiger partial charge in [0.25, 0.3) is 0 Å². The van der Waals surface area contributed by atoms with Crippen molar-refractivity contribution >= 4 is 34.9 Å². The number of nitrogens with zero attached hydrogens (tertiary/aromatic N) is 1. The summed E-state index contributed by atoms with van der Waals surface area (Å²) in [5.74, 6) is 0.128. The summed E-state index contributed by atoms with van der Waals surface area (Å²) in [7, 11) is 0. The molecule has 1 aromatic heterocycles. The molecular weight excluding hydrogens is 352 g/mol. The lowest BCUT2D eigenvalue weighted by molar-refractivity contribution is -0.126. The minimum absolute atomic E-state index is 0.223. The van der Waals surface area contributed by atoms with Crippen LogP contribution >= 0.6 is 11.6 Å². The van der Waals surface area contributed by atoms with Crippen molar-refractivity contribution in [2.75, 3.05) is 23.7 Å². The van der Waals surface area contributed by atoms with E-state index < -0.39 is 0 Å². The molecule has 1 heterocycles. The van der Waals surface area contributed by atoms with E-state index in [1.54, 1.807) is 18.3 Å². The van der Waals surface area contributed by atoms with Gasteiger partial charge in [-0.25, -0.2) is 4.98 Å². The standard InChI is InChI=1S/C19H23ClN4O2/c1-13-4-7-17(23-12-13)21-8-3-9-22-18(25)11-19(26)24-16-10-15(20)6-5-14(16)2/h4-7,10,12H,3,8-9,11H2,1-2H3,(H,21,23)(H,22,25)(H,24,26). The molecule has 6 nitrogen and oxygen atoms in total. The van der Waals surface area contributed by atoms with Crippen molar-refractivity contribution in [2.45, 2.75) is 26.7 Å². The monoisotopic (exact) mass is 374 g/mol. The van der Waals surface area contributed by atoms with Crippen LogP contribution in [0.3, 0.4) is 0 Å². The van der Waals surface area contributed by atoms with Crippen molar-refractivity contribution in [1.82, 2.24) is 10.3 Å². The molecule has 0 spiro atoms. The molecule has 2 amide bonds. The lowest BCUT2D eigenvalue weighted by Crippen LogP contribution is -2.29. The molecule has 0 unspecified atom stereocenters. The van der Waals surface area contributed by atoms with Gasteiger partial charge in [0.1, 0.15) is 12.2 Å². The Morgan fingerprint density at radius 1 is 1.08 bits per heavy atom. The summed E-state index contributed by atoms with van der Waals surface area (Å²) in [5, 5.41) is 9.15. The first-order valence-corrected chi connectivity index (χ1v) is 8.81. The fourth-order valence-electron chi connectivity index (χ4n) is 2.24. The van der Waals surface area contributed by atoms with Crippen LogP contribution in [0.1, 0.15) is 24.0 Å². The maximum absolute atomic E-state index is 12.0. The van der Waals surface area contributed by atoms with E-state index in [2.05, 4.69) is 20.9 Å². The lowest BCUT2D eigenvalue weighted by atomic mass is 10.2. The number of aryl methyl sites for hydroxylation is 2. The normalized spacial score (nSPS) is 10.3. The van der Waals surface area contributed by atoms with Crippen LogP contribution in [0, 0.1) is 13.8 Å². The summed E-state index contributed by atoms with van der Waals surface area (Å²) >= 11 is 5.92. The Morgan fingerprint density at radius 2 is 1.88 bits per heavy atom. The second kappa shape index (κ2) is 9.77. The molecule has 138 valence electrons. The zero-order chi connectivity index (χ0) is 18.9. The number of rotatable bonds is 8. The molecule has 0 aliphatic heterocycles. The second-order valence-electron chi connectivity index (χ2n) is 6.04. The molecule has 0 saturated carbocycles. The predicted octanol–water partition coefficient (Wildman–Crippen LogP) is 3.30. The molecule has 0 bridgehead atoms. The molecule has 0 aliphatic rings. The first kappa shape index (κ1) is 19.7. The second-order valence-corrected chi connectivity index (χ2v) is 6.47. The highest BCUT2D eigenvalue weighted by Gasteiger charge is 2.10. The van der Waals surface area contributed by atoms with Crippen molar-refractivity contribution in [2.24, 2.45) is 0 Å². The van der Waals surface area contributed by atoms with Crippen LogP contribution in [0.2, 0.25) is 5.02 Å². The molecule has 0 fully saturated rings. The van der Waals surface area contributed by atoms with Gasteiger partial charge in [-0.15, -0.1) is 0 Å². The topological polar surface area (TPSA) is 83.1 Å². The predicted molar refractivity (Wildman–Crippen MR) is 105 cm³/mol. The van der Waals surface area contributed by atoms with Crippen LogP contribution < -0.4 is 16.0 Å². The number of hydrogen-bond acceptors (Lipinski definition) is 4. The van der Waals surface area contributed by atoms with Crippen LogP contribution in [0.5, 0.6) is 0 Å². The fraction of sp³-hybridized carbons (Fsp3) is 0.316. The number of carbonyl (C=O) groups excluding carboxylic acids is 2. The average molecular weight is 375 g/mol. The molecule has 0 radical (unpaired) electrons. The SMILES string of the molecule is Cc1ccc(NCCCNC(=O)CC(=O)Nc2cc(Cl)ccc2C)nc1. The molecule has 2 aromatic rings. The maximum Gasteiger partial charge on any atom is 0.233 e. The van der Waals surface area contributed by atoms with Gasteiger partial charge in [0, 0.05) is 30.0 Å². The Balaban J connectivity index is 1.64. The number of benzene rings is 1. The van der Waals surface area contributed by atoms with E-state index >= 15 is 0 Å². The molecule has 7 heteroatoms. The summed E-state index contributed by atoms with van der Waals surface area (Å²) in [6.07, 6.45) is 2.31. The number of carbonyl (C=O) groups is 2. The van der Waals surface area contributed by atoms with Crippen LogP contribution in [0.25, 0.3) is 0 Å². The van der Waals surface area contributed by atoms with Crippen molar-refractivity contribution < 1.29 is 9.59 Å². The third kappa shape index (κ3) is 6.72. The molecule has 0 aliphatic carbocycles. The smallest absolute Gasteiger partial charge is 0.233 e. The summed E-state index contributed by atoms with van der Waals surface area (Å²) in [5.41, 5.74) is 2.61. The number of aromatic nitrogens is 1. The van der Waals surface area contributed by atoms with Crippen molar-refractivity contribution in [3.05, 3.63) is 52.7 Å². The van der Waals surface area contributed by atoms with Gasteiger partial charge in [-0.3, -0.25) is 9.59 Å². The molecule has 1 aromatic carbocycles. The highest BCUT2D eigenvalue weighted by Crippen LogP contribution is 2.20. The average Bonchev–Trinajstić information content (AvgIpc) is 2.59. The van der Waals surface area contributed by atoms with Crippen LogP contribution in [-0.2, 0) is 9.59 Å². The third-order valence-corrected chi connectivity index (χ3v) is 3.92. The number of nitrogens with one attached hydrogen (secondary N) is 3. The Bertz CT molecular complexity index is 763. The van der Waals surface area contributed by atoms with E-state index in [0.717, 1.165) is 23.4 Å². The first-order chi connectivity index (χ1) is 12.4.